The Hall–Kier alpha value is -3.83. The number of aromatic nitrogens is 6. The Balaban J connectivity index is 1.44. The predicted octanol–water partition coefficient (Wildman–Crippen LogP) is 3.31. The standard InChI is InChI=1S/C23H26F2N8O2/c1-23(21(34)32(2)3)8-13(9-23)27-22-28-19-18(20(29-22)35-4)14(10-26-19)12-5-6-15-16(7-12)33(31-30-15)11-17(24)25/h5-7,10,13,17H,8-9,11H2,1-4H3,(H2,26,27,28,29)/t13-,23-. The molecule has 1 fully saturated rings. The van der Waals surface area contributed by atoms with Gasteiger partial charge in [-0.1, -0.05) is 18.2 Å². The van der Waals surface area contributed by atoms with Crippen molar-refractivity contribution in [2.75, 3.05) is 26.5 Å². The monoisotopic (exact) mass is 484 g/mol. The van der Waals surface area contributed by atoms with Crippen molar-refractivity contribution in [1.29, 1.82) is 0 Å². The molecular formula is C23H26F2N8O2. The van der Waals surface area contributed by atoms with Gasteiger partial charge in [0.15, 0.2) is 0 Å². The molecule has 0 bridgehead atoms. The average molecular weight is 485 g/mol. The molecule has 1 amide bonds. The number of methoxy groups -OCH3 is 1. The van der Waals surface area contributed by atoms with Crippen LogP contribution in [0.3, 0.4) is 0 Å². The fourth-order valence-corrected chi connectivity index (χ4v) is 4.87. The third-order valence-corrected chi connectivity index (χ3v) is 6.48. The highest BCUT2D eigenvalue weighted by Gasteiger charge is 2.47. The first-order chi connectivity index (χ1) is 16.7. The van der Waals surface area contributed by atoms with Crippen molar-refractivity contribution in [3.8, 4) is 17.0 Å². The topological polar surface area (TPSA) is 114 Å². The van der Waals surface area contributed by atoms with E-state index in [0.29, 0.717) is 46.7 Å². The van der Waals surface area contributed by atoms with Gasteiger partial charge >= 0.3 is 0 Å². The maximum absolute atomic E-state index is 12.9. The lowest BCUT2D eigenvalue weighted by molar-refractivity contribution is -0.143. The van der Waals surface area contributed by atoms with Crippen LogP contribution in [0.15, 0.2) is 24.4 Å². The van der Waals surface area contributed by atoms with Gasteiger partial charge in [0.1, 0.15) is 17.7 Å². The Labute approximate surface area is 199 Å². The van der Waals surface area contributed by atoms with Crippen LogP contribution >= 0.6 is 0 Å². The SMILES string of the molecule is COc1nc(N[C@H]2C[C@](C)(C(=O)N(C)C)C2)nc2[nH]cc(-c3ccc4nnn(CC(F)F)c4c3)c12. The number of nitrogens with one attached hydrogen (secondary N) is 2. The molecule has 184 valence electrons. The van der Waals surface area contributed by atoms with Gasteiger partial charge in [0.2, 0.25) is 17.7 Å². The van der Waals surface area contributed by atoms with Crippen LogP contribution < -0.4 is 10.1 Å². The van der Waals surface area contributed by atoms with Crippen molar-refractivity contribution in [3.63, 3.8) is 0 Å². The maximum atomic E-state index is 12.9. The van der Waals surface area contributed by atoms with Crippen LogP contribution in [0.5, 0.6) is 5.88 Å². The second-order valence-corrected chi connectivity index (χ2v) is 9.36. The van der Waals surface area contributed by atoms with Crippen LogP contribution in [0.4, 0.5) is 14.7 Å². The molecule has 1 aliphatic rings. The van der Waals surface area contributed by atoms with Gasteiger partial charge in [-0.2, -0.15) is 9.97 Å². The smallest absolute Gasteiger partial charge is 0.258 e. The second-order valence-electron chi connectivity index (χ2n) is 9.36. The fraction of sp³-hybridized carbons (Fsp3) is 0.435. The number of fused-ring (bicyclic) bond motifs is 2. The molecule has 10 nitrogen and oxygen atoms in total. The summed E-state index contributed by atoms with van der Waals surface area (Å²) in [7, 11) is 5.06. The Morgan fingerprint density at radius 1 is 1.34 bits per heavy atom. The number of rotatable bonds is 7. The van der Waals surface area contributed by atoms with Crippen LogP contribution in [0, 0.1) is 5.41 Å². The second kappa shape index (κ2) is 8.43. The van der Waals surface area contributed by atoms with Crippen LogP contribution in [0.2, 0.25) is 0 Å². The summed E-state index contributed by atoms with van der Waals surface area (Å²) in [6.07, 6.45) is 0.615. The van der Waals surface area contributed by atoms with Crippen LogP contribution in [0.25, 0.3) is 33.2 Å². The minimum absolute atomic E-state index is 0.0746. The number of aromatic amines is 1. The predicted molar refractivity (Wildman–Crippen MR) is 126 cm³/mol. The zero-order valence-corrected chi connectivity index (χ0v) is 19.8. The molecule has 0 radical (unpaired) electrons. The number of anilines is 1. The molecule has 4 aromatic rings. The molecule has 0 aliphatic heterocycles. The molecule has 1 aromatic carbocycles. The van der Waals surface area contributed by atoms with Crippen molar-refractivity contribution >= 4 is 33.9 Å². The molecule has 0 atom stereocenters. The quantitative estimate of drug-likeness (QED) is 0.414. The van der Waals surface area contributed by atoms with E-state index in [1.165, 1.54) is 11.8 Å². The number of benzene rings is 1. The van der Waals surface area contributed by atoms with E-state index in [0.717, 1.165) is 11.1 Å². The zero-order valence-electron chi connectivity index (χ0n) is 19.8. The first kappa shape index (κ1) is 22.9. The van der Waals surface area contributed by atoms with E-state index in [4.69, 9.17) is 4.74 Å². The van der Waals surface area contributed by atoms with E-state index in [1.807, 2.05) is 13.0 Å². The van der Waals surface area contributed by atoms with Gasteiger partial charge < -0.3 is 19.9 Å². The summed E-state index contributed by atoms with van der Waals surface area (Å²) < 4.78 is 32.6. The van der Waals surface area contributed by atoms with Crippen molar-refractivity contribution in [2.24, 2.45) is 5.41 Å². The number of alkyl halides is 2. The highest BCUT2D eigenvalue weighted by Crippen LogP contribution is 2.43. The normalized spacial score (nSPS) is 19.8. The fourth-order valence-electron chi connectivity index (χ4n) is 4.87. The zero-order chi connectivity index (χ0) is 24.9. The number of hydrogen-bond acceptors (Lipinski definition) is 7. The lowest BCUT2D eigenvalue weighted by Gasteiger charge is -2.45. The van der Waals surface area contributed by atoms with E-state index in [-0.39, 0.29) is 17.4 Å². The van der Waals surface area contributed by atoms with Gasteiger partial charge in [-0.15, -0.1) is 5.10 Å². The molecular weight excluding hydrogens is 458 g/mol. The highest BCUT2D eigenvalue weighted by molar-refractivity contribution is 5.99. The van der Waals surface area contributed by atoms with E-state index >= 15 is 0 Å². The van der Waals surface area contributed by atoms with Gasteiger partial charge in [0, 0.05) is 31.9 Å². The summed E-state index contributed by atoms with van der Waals surface area (Å²) in [5.74, 6) is 0.891. The van der Waals surface area contributed by atoms with E-state index < -0.39 is 13.0 Å². The first-order valence-corrected chi connectivity index (χ1v) is 11.2. The number of nitrogens with zero attached hydrogens (tertiary/aromatic N) is 6. The van der Waals surface area contributed by atoms with Crippen LogP contribution in [-0.4, -0.2) is 74.4 Å². The summed E-state index contributed by atoms with van der Waals surface area (Å²) in [5, 5.41) is 11.8. The highest BCUT2D eigenvalue weighted by atomic mass is 19.3. The Morgan fingerprint density at radius 2 is 2.11 bits per heavy atom. The third-order valence-electron chi connectivity index (χ3n) is 6.48. The lowest BCUT2D eigenvalue weighted by Crippen LogP contribution is -2.52. The molecule has 0 unspecified atom stereocenters. The number of carbonyl (C=O) groups is 1. The molecule has 5 rings (SSSR count). The van der Waals surface area contributed by atoms with Crippen molar-refractivity contribution in [2.45, 2.75) is 38.8 Å². The molecule has 3 heterocycles. The number of halogens is 2. The largest absolute Gasteiger partial charge is 0.480 e. The minimum Gasteiger partial charge on any atom is -0.480 e. The van der Waals surface area contributed by atoms with Gasteiger partial charge in [0.25, 0.3) is 6.43 Å². The van der Waals surface area contributed by atoms with Crippen molar-refractivity contribution in [3.05, 3.63) is 24.4 Å². The number of hydrogen-bond donors (Lipinski definition) is 2. The molecule has 0 spiro atoms. The van der Waals surface area contributed by atoms with Gasteiger partial charge in [0.05, 0.1) is 23.4 Å². The summed E-state index contributed by atoms with van der Waals surface area (Å²) >= 11 is 0. The van der Waals surface area contributed by atoms with Gasteiger partial charge in [-0.05, 0) is 30.5 Å². The van der Waals surface area contributed by atoms with Gasteiger partial charge in [-0.3, -0.25) is 4.79 Å². The summed E-state index contributed by atoms with van der Waals surface area (Å²) in [4.78, 5) is 26.3. The lowest BCUT2D eigenvalue weighted by atomic mass is 9.66. The minimum atomic E-state index is -2.54. The number of amides is 1. The Bertz CT molecular complexity index is 1410. The first-order valence-electron chi connectivity index (χ1n) is 11.2. The molecule has 3 aromatic heterocycles. The Morgan fingerprint density at radius 3 is 2.80 bits per heavy atom. The van der Waals surface area contributed by atoms with Crippen LogP contribution in [0.1, 0.15) is 19.8 Å². The van der Waals surface area contributed by atoms with E-state index in [2.05, 4.69) is 30.6 Å². The van der Waals surface area contributed by atoms with Crippen molar-refractivity contribution in [1.82, 2.24) is 34.8 Å². The molecule has 12 heteroatoms. The molecule has 2 N–H and O–H groups in total. The molecule has 0 saturated heterocycles. The Kier molecular flexibility index (Phi) is 5.53. The number of H-pyrrole nitrogens is 1. The van der Waals surface area contributed by atoms with E-state index in [1.54, 1.807) is 37.3 Å². The number of carbonyl (C=O) groups excluding carboxylic acids is 1. The average Bonchev–Trinajstić information content (AvgIpc) is 3.40. The molecule has 35 heavy (non-hydrogen) atoms. The van der Waals surface area contributed by atoms with Crippen molar-refractivity contribution < 1.29 is 18.3 Å². The summed E-state index contributed by atoms with van der Waals surface area (Å²) in [6.45, 7) is 1.44. The summed E-state index contributed by atoms with van der Waals surface area (Å²) in [5.41, 5.74) is 2.75. The molecule has 1 aliphatic carbocycles. The number of ether oxygens (including phenoxy) is 1. The maximum Gasteiger partial charge on any atom is 0.258 e. The van der Waals surface area contributed by atoms with Gasteiger partial charge in [-0.25, -0.2) is 13.5 Å². The van der Waals surface area contributed by atoms with E-state index in [9.17, 15) is 13.6 Å². The van der Waals surface area contributed by atoms with Crippen LogP contribution in [-0.2, 0) is 11.3 Å². The third kappa shape index (κ3) is 4.02. The summed E-state index contributed by atoms with van der Waals surface area (Å²) in [6, 6.07) is 5.42. The molecule has 1 saturated carbocycles.